The van der Waals surface area contributed by atoms with Crippen LogP contribution >= 0.6 is 12.2 Å². The molecule has 0 unspecified atom stereocenters. The highest BCUT2D eigenvalue weighted by molar-refractivity contribution is 7.80. The predicted octanol–water partition coefficient (Wildman–Crippen LogP) is 2.29. The molecule has 0 saturated carbocycles. The second kappa shape index (κ2) is 6.74. The number of nitro benzene ring substituents is 1. The van der Waals surface area contributed by atoms with E-state index < -0.39 is 16.9 Å². The zero-order chi connectivity index (χ0) is 17.1. The lowest BCUT2D eigenvalue weighted by atomic mass is 9.94. The summed E-state index contributed by atoms with van der Waals surface area (Å²) in [4.78, 5) is 24.8. The van der Waals surface area contributed by atoms with Crippen LogP contribution in [0.1, 0.15) is 25.5 Å². The summed E-state index contributed by atoms with van der Waals surface area (Å²) in [6, 6.07) is 5.55. The fraction of sp³-hybridized carbons (Fsp3) is 0.333. The van der Waals surface area contributed by atoms with Gasteiger partial charge in [0.25, 0.3) is 5.69 Å². The minimum Gasteiger partial charge on any atom is -0.463 e. The number of allylic oxidation sites excluding steroid dienone is 1. The van der Waals surface area contributed by atoms with Crippen molar-refractivity contribution in [1.82, 2.24) is 10.2 Å². The Kier molecular flexibility index (Phi) is 4.95. The lowest BCUT2D eigenvalue weighted by Gasteiger charge is -2.35. The van der Waals surface area contributed by atoms with Crippen molar-refractivity contribution in [3.8, 4) is 0 Å². The van der Waals surface area contributed by atoms with Crippen LogP contribution in [0.3, 0.4) is 0 Å². The van der Waals surface area contributed by atoms with E-state index in [0.717, 1.165) is 0 Å². The molecular formula is C15H17N3O4S. The number of nitrogens with zero attached hydrogens (tertiary/aromatic N) is 2. The number of ether oxygens (including phenoxy) is 1. The van der Waals surface area contributed by atoms with Crippen molar-refractivity contribution < 1.29 is 14.5 Å². The van der Waals surface area contributed by atoms with Gasteiger partial charge in [0.2, 0.25) is 0 Å². The van der Waals surface area contributed by atoms with E-state index in [-0.39, 0.29) is 12.3 Å². The van der Waals surface area contributed by atoms with Crippen LogP contribution in [0, 0.1) is 10.1 Å². The van der Waals surface area contributed by atoms with Crippen LogP contribution in [0.4, 0.5) is 5.69 Å². The summed E-state index contributed by atoms with van der Waals surface area (Å²) in [5, 5.41) is 14.7. The van der Waals surface area contributed by atoms with Gasteiger partial charge in [-0.25, -0.2) is 4.79 Å². The quantitative estimate of drug-likeness (QED) is 0.391. The normalized spacial score (nSPS) is 17.8. The Morgan fingerprint density at radius 2 is 2.13 bits per heavy atom. The number of hydrogen-bond donors (Lipinski definition) is 1. The van der Waals surface area contributed by atoms with Crippen molar-refractivity contribution >= 4 is 29.0 Å². The van der Waals surface area contributed by atoms with E-state index in [9.17, 15) is 14.9 Å². The molecule has 122 valence electrons. The van der Waals surface area contributed by atoms with Crippen molar-refractivity contribution in [3.05, 3.63) is 51.2 Å². The first kappa shape index (κ1) is 16.9. The lowest BCUT2D eigenvalue weighted by Crippen LogP contribution is -2.46. The molecule has 1 aliphatic rings. The first-order chi connectivity index (χ1) is 10.9. The molecule has 2 rings (SSSR count). The minimum atomic E-state index is -0.723. The van der Waals surface area contributed by atoms with Gasteiger partial charge in [0.05, 0.1) is 28.7 Å². The van der Waals surface area contributed by atoms with E-state index >= 15 is 0 Å². The van der Waals surface area contributed by atoms with Crippen molar-refractivity contribution in [3.63, 3.8) is 0 Å². The van der Waals surface area contributed by atoms with E-state index in [0.29, 0.717) is 21.9 Å². The van der Waals surface area contributed by atoms with Gasteiger partial charge < -0.3 is 15.0 Å². The summed E-state index contributed by atoms with van der Waals surface area (Å²) in [5.41, 5.74) is 1.22. The van der Waals surface area contributed by atoms with Gasteiger partial charge in [-0.05, 0) is 32.1 Å². The molecule has 1 atom stereocenters. The first-order valence-corrected chi connectivity index (χ1v) is 7.44. The molecule has 0 bridgehead atoms. The molecule has 1 aromatic carbocycles. The van der Waals surface area contributed by atoms with Crippen molar-refractivity contribution in [2.75, 3.05) is 13.7 Å². The summed E-state index contributed by atoms with van der Waals surface area (Å²) >= 11 is 5.25. The Morgan fingerprint density at radius 1 is 1.48 bits per heavy atom. The van der Waals surface area contributed by atoms with Crippen molar-refractivity contribution in [2.24, 2.45) is 0 Å². The largest absolute Gasteiger partial charge is 0.463 e. The Balaban J connectivity index is 2.61. The Morgan fingerprint density at radius 3 is 2.74 bits per heavy atom. The number of hydrogen-bond acceptors (Lipinski definition) is 5. The highest BCUT2D eigenvalue weighted by Crippen LogP contribution is 2.35. The molecule has 23 heavy (non-hydrogen) atoms. The molecule has 1 aliphatic heterocycles. The minimum absolute atomic E-state index is 0.0769. The van der Waals surface area contributed by atoms with E-state index in [1.54, 1.807) is 44.0 Å². The first-order valence-electron chi connectivity index (χ1n) is 7.03. The Labute approximate surface area is 139 Å². The van der Waals surface area contributed by atoms with Gasteiger partial charge >= 0.3 is 5.97 Å². The second-order valence-corrected chi connectivity index (χ2v) is 5.36. The van der Waals surface area contributed by atoms with E-state index in [1.807, 2.05) is 0 Å². The monoisotopic (exact) mass is 335 g/mol. The number of carbonyl (C=O) groups is 1. The lowest BCUT2D eigenvalue weighted by molar-refractivity contribution is -0.385. The van der Waals surface area contributed by atoms with Gasteiger partial charge in [0.15, 0.2) is 5.11 Å². The third kappa shape index (κ3) is 3.16. The zero-order valence-corrected chi connectivity index (χ0v) is 13.8. The number of nitrogens with one attached hydrogen (secondary N) is 1. The summed E-state index contributed by atoms with van der Waals surface area (Å²) in [5.74, 6) is -0.519. The number of thiocarbonyl (C=S) groups is 1. The standard InChI is InChI=1S/C15H17N3O4S/c1-4-22-14(19)12-9(2)17(3)15(23)16-13(12)10-7-5-6-8-11(10)18(20)21/h5-8,13H,4H2,1-3H3,(H,16,23)/t13-/m1/s1. The van der Waals surface area contributed by atoms with E-state index in [2.05, 4.69) is 5.32 Å². The number of rotatable bonds is 4. The van der Waals surface area contributed by atoms with Gasteiger partial charge in [-0.2, -0.15) is 0 Å². The molecule has 0 aromatic heterocycles. The summed E-state index contributed by atoms with van der Waals surface area (Å²) in [7, 11) is 1.72. The maximum Gasteiger partial charge on any atom is 0.338 e. The molecule has 0 radical (unpaired) electrons. The molecule has 0 aliphatic carbocycles. The SMILES string of the molecule is CCOC(=O)C1=C(C)N(C)C(=S)N[C@@H]1c1ccccc1[N+](=O)[O-]. The van der Waals surface area contributed by atoms with Crippen LogP contribution in [0.2, 0.25) is 0 Å². The highest BCUT2D eigenvalue weighted by atomic mass is 32.1. The number of esters is 1. The van der Waals surface area contributed by atoms with Gasteiger partial charge in [-0.1, -0.05) is 12.1 Å². The fourth-order valence-electron chi connectivity index (χ4n) is 2.44. The van der Waals surface area contributed by atoms with Crippen LogP contribution < -0.4 is 5.32 Å². The van der Waals surface area contributed by atoms with Crippen molar-refractivity contribution in [2.45, 2.75) is 19.9 Å². The van der Waals surface area contributed by atoms with Crippen LogP contribution in [-0.4, -0.2) is 34.6 Å². The van der Waals surface area contributed by atoms with Gasteiger partial charge in [-0.15, -0.1) is 0 Å². The molecule has 1 N–H and O–H groups in total. The second-order valence-electron chi connectivity index (χ2n) is 4.98. The number of carbonyl (C=O) groups excluding carboxylic acids is 1. The summed E-state index contributed by atoms with van der Waals surface area (Å²) in [6.45, 7) is 3.66. The van der Waals surface area contributed by atoms with Crippen LogP contribution in [0.15, 0.2) is 35.5 Å². The van der Waals surface area contributed by atoms with Crippen molar-refractivity contribution in [1.29, 1.82) is 0 Å². The maximum absolute atomic E-state index is 12.4. The number of benzene rings is 1. The third-order valence-corrected chi connectivity index (χ3v) is 4.09. The van der Waals surface area contributed by atoms with Gasteiger partial charge in [-0.3, -0.25) is 10.1 Å². The molecule has 8 heteroatoms. The van der Waals surface area contributed by atoms with E-state index in [4.69, 9.17) is 17.0 Å². The molecule has 0 saturated heterocycles. The Bertz CT molecular complexity index is 702. The highest BCUT2D eigenvalue weighted by Gasteiger charge is 2.36. The van der Waals surface area contributed by atoms with Gasteiger partial charge in [0, 0.05) is 18.8 Å². The topological polar surface area (TPSA) is 84.7 Å². The average Bonchev–Trinajstić information content (AvgIpc) is 2.52. The number of nitro groups is 1. The molecule has 0 fully saturated rings. The maximum atomic E-state index is 12.4. The third-order valence-electron chi connectivity index (χ3n) is 3.69. The zero-order valence-electron chi connectivity index (χ0n) is 13.0. The van der Waals surface area contributed by atoms with Crippen LogP contribution in [-0.2, 0) is 9.53 Å². The smallest absolute Gasteiger partial charge is 0.338 e. The summed E-state index contributed by atoms with van der Waals surface area (Å²) in [6.07, 6.45) is 0. The molecule has 1 heterocycles. The van der Waals surface area contributed by atoms with E-state index in [1.165, 1.54) is 6.07 Å². The van der Waals surface area contributed by atoms with Gasteiger partial charge in [0.1, 0.15) is 0 Å². The molecule has 0 amide bonds. The van der Waals surface area contributed by atoms with Crippen LogP contribution in [0.25, 0.3) is 0 Å². The average molecular weight is 335 g/mol. The molecule has 7 nitrogen and oxygen atoms in total. The predicted molar refractivity (Wildman–Crippen MR) is 88.7 cm³/mol. The molecule has 1 aromatic rings. The fourth-order valence-corrected chi connectivity index (χ4v) is 2.69. The molecular weight excluding hydrogens is 318 g/mol. The Hall–Kier alpha value is -2.48. The number of para-hydroxylation sites is 1. The summed E-state index contributed by atoms with van der Waals surface area (Å²) < 4.78 is 5.11. The molecule has 0 spiro atoms. The van der Waals surface area contributed by atoms with Crippen LogP contribution in [0.5, 0.6) is 0 Å².